The van der Waals surface area contributed by atoms with Gasteiger partial charge < -0.3 is 16.0 Å². The first-order valence-electron chi connectivity index (χ1n) is 8.52. The molecule has 0 unspecified atom stereocenters. The lowest BCUT2D eigenvalue weighted by Crippen LogP contribution is -2.39. The number of nitrogen functional groups attached to an aromatic ring is 1. The largest absolute Gasteiger partial charge is 0.399 e. The Labute approximate surface area is 163 Å². The molecule has 0 saturated carbocycles. The molecule has 1 saturated heterocycles. The Kier molecular flexibility index (Phi) is 5.64. The zero-order valence-corrected chi connectivity index (χ0v) is 16.0. The van der Waals surface area contributed by atoms with Gasteiger partial charge in [-0.25, -0.2) is 0 Å². The molecule has 4 nitrogen and oxygen atoms in total. The zero-order chi connectivity index (χ0) is 19.6. The highest BCUT2D eigenvalue weighted by Crippen LogP contribution is 2.36. The Balaban J connectivity index is 1.79. The number of benzene rings is 2. The van der Waals surface area contributed by atoms with E-state index in [1.807, 2.05) is 4.90 Å². The summed E-state index contributed by atoms with van der Waals surface area (Å²) in [6.45, 7) is 0.485. The van der Waals surface area contributed by atoms with Gasteiger partial charge in [0.1, 0.15) is 0 Å². The number of anilines is 3. The van der Waals surface area contributed by atoms with Crippen LogP contribution in [0.3, 0.4) is 0 Å². The molecule has 0 aliphatic carbocycles. The first-order chi connectivity index (χ1) is 12.7. The fourth-order valence-corrected chi connectivity index (χ4v) is 3.45. The Hall–Kier alpha value is -2.22. The molecular weight excluding hydrogens is 423 g/mol. The fourth-order valence-electron chi connectivity index (χ4n) is 3.19. The van der Waals surface area contributed by atoms with Crippen molar-refractivity contribution < 1.29 is 18.0 Å². The maximum absolute atomic E-state index is 12.9. The van der Waals surface area contributed by atoms with E-state index >= 15 is 0 Å². The number of rotatable bonds is 3. The van der Waals surface area contributed by atoms with Crippen LogP contribution in [0.15, 0.2) is 46.9 Å². The van der Waals surface area contributed by atoms with E-state index in [9.17, 15) is 18.0 Å². The summed E-state index contributed by atoms with van der Waals surface area (Å²) in [7, 11) is 0. The molecule has 2 aromatic carbocycles. The van der Waals surface area contributed by atoms with E-state index in [1.165, 1.54) is 0 Å². The Morgan fingerprint density at radius 2 is 1.74 bits per heavy atom. The number of piperidine rings is 1. The normalized spacial score (nSPS) is 15.6. The Morgan fingerprint density at radius 3 is 2.33 bits per heavy atom. The summed E-state index contributed by atoms with van der Waals surface area (Å²) in [5.41, 5.74) is 7.82. The van der Waals surface area contributed by atoms with E-state index in [0.29, 0.717) is 22.6 Å². The lowest BCUT2D eigenvalue weighted by atomic mass is 9.95. The first kappa shape index (κ1) is 19.5. The summed E-state index contributed by atoms with van der Waals surface area (Å²) < 4.78 is 39.6. The van der Waals surface area contributed by atoms with Crippen molar-refractivity contribution in [3.05, 3.63) is 52.5 Å². The van der Waals surface area contributed by atoms with Crippen LogP contribution in [0, 0.1) is 5.92 Å². The average molecular weight is 442 g/mol. The molecule has 0 radical (unpaired) electrons. The Morgan fingerprint density at radius 1 is 1.11 bits per heavy atom. The molecule has 1 aliphatic heterocycles. The number of carbonyl (C=O) groups excluding carboxylic acids is 1. The monoisotopic (exact) mass is 441 g/mol. The van der Waals surface area contributed by atoms with Crippen molar-refractivity contribution in [2.24, 2.45) is 5.92 Å². The van der Waals surface area contributed by atoms with Crippen molar-refractivity contribution in [1.29, 1.82) is 0 Å². The minimum absolute atomic E-state index is 0.0155. The van der Waals surface area contributed by atoms with Gasteiger partial charge in [-0.3, -0.25) is 4.79 Å². The second kappa shape index (κ2) is 7.80. The summed E-state index contributed by atoms with van der Waals surface area (Å²) in [6.07, 6.45) is -4.14. The van der Waals surface area contributed by atoms with Crippen molar-refractivity contribution in [3.8, 4) is 0 Å². The van der Waals surface area contributed by atoms with Crippen LogP contribution < -0.4 is 16.0 Å². The van der Waals surface area contributed by atoms with Crippen LogP contribution in [0.25, 0.3) is 0 Å². The van der Waals surface area contributed by atoms with Crippen molar-refractivity contribution >= 4 is 38.9 Å². The summed E-state index contributed by atoms with van der Waals surface area (Å²) in [5, 5.41) is 2.80. The number of hydrogen-bond donors (Lipinski definition) is 2. The third-order valence-electron chi connectivity index (χ3n) is 4.67. The summed E-state index contributed by atoms with van der Waals surface area (Å²) in [5.74, 6) is -1.64. The number of nitrogens with one attached hydrogen (secondary N) is 1. The molecule has 8 heteroatoms. The van der Waals surface area contributed by atoms with Crippen LogP contribution >= 0.6 is 15.9 Å². The molecule has 1 amide bonds. The van der Waals surface area contributed by atoms with E-state index in [2.05, 4.69) is 21.2 Å². The van der Waals surface area contributed by atoms with Crippen LogP contribution in [0.5, 0.6) is 0 Å². The zero-order valence-electron chi connectivity index (χ0n) is 14.4. The van der Waals surface area contributed by atoms with Gasteiger partial charge >= 0.3 is 6.18 Å². The predicted octanol–water partition coefficient (Wildman–Crippen LogP) is 5.06. The number of nitrogens with zero attached hydrogens (tertiary/aromatic N) is 1. The molecule has 0 bridgehead atoms. The van der Waals surface area contributed by atoms with Crippen LogP contribution in [0.1, 0.15) is 23.2 Å². The molecule has 0 atom stereocenters. The maximum atomic E-state index is 12.9. The van der Waals surface area contributed by atoms with Gasteiger partial charge in [0, 0.05) is 34.6 Å². The summed E-state index contributed by atoms with van der Waals surface area (Å²) in [4.78, 5) is 14.6. The molecule has 3 N–H and O–H groups in total. The van der Waals surface area contributed by atoms with Gasteiger partial charge in [0.15, 0.2) is 0 Å². The van der Waals surface area contributed by atoms with Gasteiger partial charge in [-0.2, -0.15) is 13.2 Å². The number of hydrogen-bond acceptors (Lipinski definition) is 3. The lowest BCUT2D eigenvalue weighted by Gasteiger charge is -2.35. The molecule has 0 spiro atoms. The molecule has 27 heavy (non-hydrogen) atoms. The minimum atomic E-state index is -4.17. The van der Waals surface area contributed by atoms with E-state index in [-0.39, 0.29) is 31.8 Å². The summed E-state index contributed by atoms with van der Waals surface area (Å²) >= 11 is 3.33. The predicted molar refractivity (Wildman–Crippen MR) is 104 cm³/mol. The van der Waals surface area contributed by atoms with Gasteiger partial charge in [0.05, 0.1) is 11.5 Å². The van der Waals surface area contributed by atoms with E-state index < -0.39 is 12.1 Å². The van der Waals surface area contributed by atoms with Gasteiger partial charge in [0.2, 0.25) is 0 Å². The standard InChI is InChI=1S/C19H19BrF3N3O/c20-13-1-4-15(5-2-13)25-18(27)16-11-14(24)3-6-17(16)26-9-7-12(8-10-26)19(21,22)23/h1-6,11-12H,7-10,24H2,(H,25,27). The number of alkyl halides is 3. The number of amides is 1. The third kappa shape index (κ3) is 4.74. The molecule has 2 aromatic rings. The summed E-state index contributed by atoms with van der Waals surface area (Å²) in [6, 6.07) is 12.0. The number of halogens is 4. The highest BCUT2D eigenvalue weighted by molar-refractivity contribution is 9.10. The van der Waals surface area contributed by atoms with Gasteiger partial charge in [-0.15, -0.1) is 0 Å². The molecule has 1 heterocycles. The van der Waals surface area contributed by atoms with Crippen LogP contribution in [0.4, 0.5) is 30.2 Å². The first-order valence-corrected chi connectivity index (χ1v) is 9.31. The van der Waals surface area contributed by atoms with Crippen LogP contribution in [-0.2, 0) is 0 Å². The lowest BCUT2D eigenvalue weighted by molar-refractivity contribution is -0.179. The quantitative estimate of drug-likeness (QED) is 0.654. The van der Waals surface area contributed by atoms with Crippen molar-refractivity contribution in [1.82, 2.24) is 0 Å². The molecular formula is C19H19BrF3N3O. The van der Waals surface area contributed by atoms with Gasteiger partial charge in [-0.1, -0.05) is 15.9 Å². The minimum Gasteiger partial charge on any atom is -0.399 e. The SMILES string of the molecule is Nc1ccc(N2CCC(C(F)(F)F)CC2)c(C(=O)Nc2ccc(Br)cc2)c1. The third-order valence-corrected chi connectivity index (χ3v) is 5.19. The van der Waals surface area contributed by atoms with Crippen molar-refractivity contribution in [3.63, 3.8) is 0 Å². The second-order valence-electron chi connectivity index (χ2n) is 6.54. The second-order valence-corrected chi connectivity index (χ2v) is 7.46. The molecule has 1 fully saturated rings. The van der Waals surface area contributed by atoms with E-state index in [4.69, 9.17) is 5.73 Å². The fraction of sp³-hybridized carbons (Fsp3) is 0.316. The molecule has 0 aromatic heterocycles. The highest BCUT2D eigenvalue weighted by atomic mass is 79.9. The van der Waals surface area contributed by atoms with E-state index in [0.717, 1.165) is 4.47 Å². The van der Waals surface area contributed by atoms with Crippen LogP contribution in [-0.4, -0.2) is 25.2 Å². The molecule has 1 aliphatic rings. The Bertz CT molecular complexity index is 816. The van der Waals surface area contributed by atoms with Crippen molar-refractivity contribution in [2.45, 2.75) is 19.0 Å². The smallest absolute Gasteiger partial charge is 0.391 e. The van der Waals surface area contributed by atoms with Gasteiger partial charge in [-0.05, 0) is 55.3 Å². The van der Waals surface area contributed by atoms with Crippen molar-refractivity contribution in [2.75, 3.05) is 29.0 Å². The maximum Gasteiger partial charge on any atom is 0.391 e. The topological polar surface area (TPSA) is 58.4 Å². The van der Waals surface area contributed by atoms with E-state index in [1.54, 1.807) is 42.5 Å². The van der Waals surface area contributed by atoms with Gasteiger partial charge in [0.25, 0.3) is 5.91 Å². The molecule has 3 rings (SSSR count). The highest BCUT2D eigenvalue weighted by Gasteiger charge is 2.41. The number of carbonyl (C=O) groups is 1. The molecule has 144 valence electrons. The number of nitrogens with two attached hydrogens (primary N) is 1. The average Bonchev–Trinajstić information content (AvgIpc) is 2.63. The van der Waals surface area contributed by atoms with Crippen LogP contribution in [0.2, 0.25) is 0 Å².